The van der Waals surface area contributed by atoms with E-state index in [0.717, 1.165) is 16.0 Å². The van der Waals surface area contributed by atoms with Crippen LogP contribution in [0.25, 0.3) is 0 Å². The van der Waals surface area contributed by atoms with Crippen molar-refractivity contribution in [1.29, 1.82) is 0 Å². The van der Waals surface area contributed by atoms with Gasteiger partial charge in [-0.3, -0.25) is 9.59 Å². The van der Waals surface area contributed by atoms with Gasteiger partial charge in [0.05, 0.1) is 19.2 Å². The van der Waals surface area contributed by atoms with Crippen LogP contribution in [-0.2, 0) is 4.79 Å². The van der Waals surface area contributed by atoms with Crippen LogP contribution in [0.1, 0.15) is 16.8 Å². The number of hydrogen-bond donors (Lipinski definition) is 2. The number of thioether (sulfide) groups is 1. The van der Waals surface area contributed by atoms with E-state index < -0.39 is 6.04 Å². The molecule has 0 bridgehead atoms. The van der Waals surface area contributed by atoms with Crippen LogP contribution in [0.15, 0.2) is 53.0 Å². The van der Waals surface area contributed by atoms with Gasteiger partial charge in [0.15, 0.2) is 0 Å². The Bertz CT molecular complexity index is 819. The van der Waals surface area contributed by atoms with E-state index in [0.29, 0.717) is 30.9 Å². The fraction of sp³-hybridized carbons (Fsp3) is 0.333. The zero-order valence-electron chi connectivity index (χ0n) is 16.4. The van der Waals surface area contributed by atoms with Gasteiger partial charge in [-0.1, -0.05) is 34.1 Å². The molecule has 0 spiro atoms. The Balaban J connectivity index is 1.90. The number of para-hydroxylation sites is 1. The quantitative estimate of drug-likeness (QED) is 0.481. The highest BCUT2D eigenvalue weighted by Gasteiger charge is 2.22. The zero-order valence-corrected chi connectivity index (χ0v) is 18.8. The second kappa shape index (κ2) is 12.4. The third-order valence-electron chi connectivity index (χ3n) is 4.05. The van der Waals surface area contributed by atoms with Crippen molar-refractivity contribution in [2.45, 2.75) is 12.5 Å². The van der Waals surface area contributed by atoms with Crippen LogP contribution in [0.4, 0.5) is 0 Å². The summed E-state index contributed by atoms with van der Waals surface area (Å²) in [7, 11) is 1.51. The molecule has 2 aromatic carbocycles. The van der Waals surface area contributed by atoms with Gasteiger partial charge in [0.2, 0.25) is 5.91 Å². The number of nitrogens with one attached hydrogen (secondary N) is 2. The predicted molar refractivity (Wildman–Crippen MR) is 120 cm³/mol. The average molecular weight is 481 g/mol. The summed E-state index contributed by atoms with van der Waals surface area (Å²) in [5.41, 5.74) is 0.398. The first-order chi connectivity index (χ1) is 14.0. The first-order valence-electron chi connectivity index (χ1n) is 9.14. The van der Waals surface area contributed by atoms with Crippen molar-refractivity contribution < 1.29 is 19.1 Å². The number of hydrogen-bond acceptors (Lipinski definition) is 5. The van der Waals surface area contributed by atoms with Gasteiger partial charge in [0.1, 0.15) is 24.1 Å². The average Bonchev–Trinajstić information content (AvgIpc) is 2.73. The lowest BCUT2D eigenvalue weighted by Crippen LogP contribution is -2.48. The minimum absolute atomic E-state index is 0.236. The second-order valence-corrected chi connectivity index (χ2v) is 8.01. The van der Waals surface area contributed by atoms with Gasteiger partial charge >= 0.3 is 0 Å². The minimum Gasteiger partial charge on any atom is -0.496 e. The topological polar surface area (TPSA) is 76.7 Å². The monoisotopic (exact) mass is 480 g/mol. The fourth-order valence-electron chi connectivity index (χ4n) is 2.60. The third kappa shape index (κ3) is 7.62. The van der Waals surface area contributed by atoms with Crippen LogP contribution in [0.5, 0.6) is 11.5 Å². The first-order valence-corrected chi connectivity index (χ1v) is 11.3. The summed E-state index contributed by atoms with van der Waals surface area (Å²) < 4.78 is 11.8. The van der Waals surface area contributed by atoms with Gasteiger partial charge in [-0.2, -0.15) is 11.8 Å². The third-order valence-corrected chi connectivity index (χ3v) is 5.19. The molecule has 2 rings (SSSR count). The molecule has 0 aliphatic rings. The predicted octanol–water partition coefficient (Wildman–Crippen LogP) is 3.50. The first kappa shape index (κ1) is 23.1. The fourth-order valence-corrected chi connectivity index (χ4v) is 3.45. The molecule has 2 amide bonds. The molecule has 0 saturated carbocycles. The molecular formula is C21H25BrN2O4S. The number of carbonyl (C=O) groups excluding carboxylic acids is 2. The van der Waals surface area contributed by atoms with Crippen molar-refractivity contribution in [1.82, 2.24) is 10.6 Å². The Morgan fingerprint density at radius 2 is 1.97 bits per heavy atom. The summed E-state index contributed by atoms with van der Waals surface area (Å²) in [4.78, 5) is 25.2. The van der Waals surface area contributed by atoms with E-state index in [1.807, 2.05) is 30.5 Å². The molecule has 0 saturated heterocycles. The maximum atomic E-state index is 12.6. The van der Waals surface area contributed by atoms with E-state index in [-0.39, 0.29) is 11.8 Å². The van der Waals surface area contributed by atoms with Crippen molar-refractivity contribution in [3.63, 3.8) is 0 Å². The highest BCUT2D eigenvalue weighted by Crippen LogP contribution is 2.18. The number of ether oxygens (including phenoxy) is 2. The van der Waals surface area contributed by atoms with Gasteiger partial charge in [0.25, 0.3) is 5.91 Å². The number of amides is 2. The van der Waals surface area contributed by atoms with E-state index in [9.17, 15) is 9.59 Å². The molecule has 2 aromatic rings. The maximum absolute atomic E-state index is 12.6. The summed E-state index contributed by atoms with van der Waals surface area (Å²) in [6, 6.07) is 13.8. The van der Waals surface area contributed by atoms with Crippen LogP contribution in [0.3, 0.4) is 0 Å². The summed E-state index contributed by atoms with van der Waals surface area (Å²) in [6.07, 6.45) is 2.49. The molecule has 1 atom stereocenters. The van der Waals surface area contributed by atoms with E-state index >= 15 is 0 Å². The standard InChI is InChI=1S/C21H25BrN2O4S/c1-27-19-9-4-3-8-17(19)20(25)24-18(10-13-29-2)21(26)23-11-12-28-16-7-5-6-15(22)14-16/h3-9,14,18H,10-13H2,1-2H3,(H,23,26)(H,24,25). The number of carbonyl (C=O) groups is 2. The van der Waals surface area contributed by atoms with Crippen LogP contribution in [0.2, 0.25) is 0 Å². The molecule has 29 heavy (non-hydrogen) atoms. The van der Waals surface area contributed by atoms with E-state index in [2.05, 4.69) is 26.6 Å². The number of methoxy groups -OCH3 is 1. The zero-order chi connectivity index (χ0) is 21.1. The highest BCUT2D eigenvalue weighted by molar-refractivity contribution is 9.10. The van der Waals surface area contributed by atoms with Crippen molar-refractivity contribution in [3.05, 3.63) is 58.6 Å². The lowest BCUT2D eigenvalue weighted by atomic mass is 10.1. The highest BCUT2D eigenvalue weighted by atomic mass is 79.9. The van der Waals surface area contributed by atoms with Crippen molar-refractivity contribution in [3.8, 4) is 11.5 Å². The Kier molecular flexibility index (Phi) is 9.87. The lowest BCUT2D eigenvalue weighted by Gasteiger charge is -2.19. The molecule has 0 heterocycles. The Morgan fingerprint density at radius 3 is 2.69 bits per heavy atom. The van der Waals surface area contributed by atoms with Gasteiger partial charge < -0.3 is 20.1 Å². The van der Waals surface area contributed by atoms with Gasteiger partial charge in [-0.25, -0.2) is 0 Å². The Labute approximate surface area is 183 Å². The SMILES string of the molecule is COc1ccccc1C(=O)NC(CCSC)C(=O)NCCOc1cccc(Br)c1. The molecule has 1 unspecified atom stereocenters. The molecule has 0 aromatic heterocycles. The van der Waals surface area contributed by atoms with Crippen molar-refractivity contribution in [2.75, 3.05) is 32.3 Å². The Hall–Kier alpha value is -2.19. The molecule has 6 nitrogen and oxygen atoms in total. The number of halogens is 1. The van der Waals surface area contributed by atoms with Crippen LogP contribution < -0.4 is 20.1 Å². The van der Waals surface area contributed by atoms with Gasteiger partial charge in [-0.15, -0.1) is 0 Å². The number of benzene rings is 2. The molecule has 0 radical (unpaired) electrons. The summed E-state index contributed by atoms with van der Waals surface area (Å²) in [5, 5.41) is 5.65. The molecule has 156 valence electrons. The van der Waals surface area contributed by atoms with Gasteiger partial charge in [0, 0.05) is 4.47 Å². The molecule has 8 heteroatoms. The minimum atomic E-state index is -0.634. The molecule has 0 aliphatic carbocycles. The Morgan fingerprint density at radius 1 is 1.17 bits per heavy atom. The van der Waals surface area contributed by atoms with Crippen LogP contribution in [-0.4, -0.2) is 50.1 Å². The lowest BCUT2D eigenvalue weighted by molar-refractivity contribution is -0.123. The molecule has 0 fully saturated rings. The van der Waals surface area contributed by atoms with Gasteiger partial charge in [-0.05, 0) is 48.8 Å². The summed E-state index contributed by atoms with van der Waals surface area (Å²) in [5.74, 6) is 1.36. The second-order valence-electron chi connectivity index (χ2n) is 6.10. The normalized spacial score (nSPS) is 11.4. The maximum Gasteiger partial charge on any atom is 0.255 e. The summed E-state index contributed by atoms with van der Waals surface area (Å²) >= 11 is 5.01. The van der Waals surface area contributed by atoms with E-state index in [1.165, 1.54) is 7.11 Å². The van der Waals surface area contributed by atoms with Crippen molar-refractivity contribution in [2.24, 2.45) is 0 Å². The van der Waals surface area contributed by atoms with Crippen LogP contribution in [0, 0.1) is 0 Å². The summed E-state index contributed by atoms with van der Waals surface area (Å²) in [6.45, 7) is 0.670. The molecular weight excluding hydrogens is 456 g/mol. The largest absolute Gasteiger partial charge is 0.496 e. The van der Waals surface area contributed by atoms with Crippen LogP contribution >= 0.6 is 27.7 Å². The van der Waals surface area contributed by atoms with Crippen molar-refractivity contribution >= 4 is 39.5 Å². The van der Waals surface area contributed by atoms with E-state index in [4.69, 9.17) is 9.47 Å². The smallest absolute Gasteiger partial charge is 0.255 e. The van der Waals surface area contributed by atoms with E-state index in [1.54, 1.807) is 36.0 Å². The molecule has 0 aliphatic heterocycles. The number of rotatable bonds is 11. The molecule has 2 N–H and O–H groups in total.